The van der Waals surface area contributed by atoms with Gasteiger partial charge < -0.3 is 0 Å². The molecular formula is C18H19F2NO2S. The third-order valence-electron chi connectivity index (χ3n) is 4.44. The second-order valence-corrected chi connectivity index (χ2v) is 8.08. The van der Waals surface area contributed by atoms with Crippen LogP contribution in [0.1, 0.15) is 25.3 Å². The molecule has 24 heavy (non-hydrogen) atoms. The highest BCUT2D eigenvalue weighted by Gasteiger charge is 2.38. The molecule has 0 N–H and O–H groups in total. The third-order valence-corrected chi connectivity index (χ3v) is 6.37. The Labute approximate surface area is 141 Å². The molecule has 3 rings (SSSR count). The summed E-state index contributed by atoms with van der Waals surface area (Å²) in [4.78, 5) is -0.218. The van der Waals surface area contributed by atoms with Gasteiger partial charge in [-0.25, -0.2) is 17.2 Å². The maximum absolute atomic E-state index is 13.5. The third kappa shape index (κ3) is 3.49. The van der Waals surface area contributed by atoms with Crippen molar-refractivity contribution in [3.05, 3.63) is 65.7 Å². The summed E-state index contributed by atoms with van der Waals surface area (Å²) in [6.07, 6.45) is 1.97. The van der Waals surface area contributed by atoms with E-state index in [-0.39, 0.29) is 17.5 Å². The van der Waals surface area contributed by atoms with Crippen molar-refractivity contribution in [2.45, 2.75) is 37.2 Å². The molecule has 6 heteroatoms. The zero-order valence-corrected chi connectivity index (χ0v) is 14.1. The SMILES string of the molecule is C[C@@H](C1CC1)N(Cc1ccccc1)S(=O)(=O)c1ccc(F)c(F)c1. The van der Waals surface area contributed by atoms with Crippen LogP contribution in [-0.2, 0) is 16.6 Å². The quantitative estimate of drug-likeness (QED) is 0.790. The average Bonchev–Trinajstić information content (AvgIpc) is 3.40. The average molecular weight is 351 g/mol. The van der Waals surface area contributed by atoms with Gasteiger partial charge in [0.25, 0.3) is 0 Å². The molecule has 2 aromatic rings. The Balaban J connectivity index is 1.98. The molecule has 0 amide bonds. The molecule has 0 radical (unpaired) electrons. The molecule has 0 aliphatic heterocycles. The van der Waals surface area contributed by atoms with Crippen molar-refractivity contribution in [3.8, 4) is 0 Å². The summed E-state index contributed by atoms with van der Waals surface area (Å²) in [5.41, 5.74) is 0.858. The first-order valence-corrected chi connectivity index (χ1v) is 9.34. The second kappa shape index (κ2) is 6.61. The molecule has 0 heterocycles. The van der Waals surface area contributed by atoms with Crippen LogP contribution in [0.15, 0.2) is 53.4 Å². The highest BCUT2D eigenvalue weighted by atomic mass is 32.2. The number of hydrogen-bond donors (Lipinski definition) is 0. The van der Waals surface area contributed by atoms with Gasteiger partial charge in [-0.2, -0.15) is 4.31 Å². The van der Waals surface area contributed by atoms with E-state index in [0.717, 1.165) is 36.6 Å². The van der Waals surface area contributed by atoms with Crippen LogP contribution in [0.25, 0.3) is 0 Å². The van der Waals surface area contributed by atoms with E-state index in [1.54, 1.807) is 0 Å². The molecule has 0 unspecified atom stereocenters. The van der Waals surface area contributed by atoms with Gasteiger partial charge in [-0.3, -0.25) is 0 Å². The molecule has 1 fully saturated rings. The van der Waals surface area contributed by atoms with Gasteiger partial charge in [-0.1, -0.05) is 30.3 Å². The van der Waals surface area contributed by atoms with Crippen LogP contribution in [0, 0.1) is 17.6 Å². The normalized spacial score (nSPS) is 16.3. The van der Waals surface area contributed by atoms with Crippen molar-refractivity contribution < 1.29 is 17.2 Å². The van der Waals surface area contributed by atoms with Crippen LogP contribution >= 0.6 is 0 Å². The molecule has 3 nitrogen and oxygen atoms in total. The minimum Gasteiger partial charge on any atom is -0.207 e. The van der Waals surface area contributed by atoms with Crippen LogP contribution < -0.4 is 0 Å². The molecule has 0 spiro atoms. The zero-order chi connectivity index (χ0) is 17.3. The highest BCUT2D eigenvalue weighted by molar-refractivity contribution is 7.89. The number of halogens is 2. The van der Waals surface area contributed by atoms with E-state index in [0.29, 0.717) is 5.92 Å². The monoisotopic (exact) mass is 351 g/mol. The van der Waals surface area contributed by atoms with Gasteiger partial charge in [0.1, 0.15) is 0 Å². The predicted molar refractivity (Wildman–Crippen MR) is 87.7 cm³/mol. The van der Waals surface area contributed by atoms with E-state index in [1.165, 1.54) is 4.31 Å². The lowest BCUT2D eigenvalue weighted by Crippen LogP contribution is -2.39. The highest BCUT2D eigenvalue weighted by Crippen LogP contribution is 2.38. The lowest BCUT2D eigenvalue weighted by Gasteiger charge is -2.28. The summed E-state index contributed by atoms with van der Waals surface area (Å²) in [5.74, 6) is -1.90. The van der Waals surface area contributed by atoms with E-state index >= 15 is 0 Å². The molecule has 0 aromatic heterocycles. The second-order valence-electron chi connectivity index (χ2n) is 6.19. The van der Waals surface area contributed by atoms with Gasteiger partial charge in [-0.05, 0) is 49.4 Å². The molecular weight excluding hydrogens is 332 g/mol. The van der Waals surface area contributed by atoms with Gasteiger partial charge in [0.15, 0.2) is 11.6 Å². The van der Waals surface area contributed by atoms with Crippen molar-refractivity contribution in [3.63, 3.8) is 0 Å². The standard InChI is InChI=1S/C18H19F2NO2S/c1-13(15-7-8-15)21(12-14-5-3-2-4-6-14)24(22,23)16-9-10-17(19)18(20)11-16/h2-6,9-11,13,15H,7-8,12H2,1H3/t13-/m0/s1. The summed E-state index contributed by atoms with van der Waals surface area (Å²) >= 11 is 0. The Morgan fingerprint density at radius 1 is 1.08 bits per heavy atom. The van der Waals surface area contributed by atoms with E-state index in [9.17, 15) is 17.2 Å². The molecule has 1 saturated carbocycles. The summed E-state index contributed by atoms with van der Waals surface area (Å²) in [7, 11) is -3.92. The van der Waals surface area contributed by atoms with Gasteiger partial charge >= 0.3 is 0 Å². The van der Waals surface area contributed by atoms with Crippen LogP contribution in [-0.4, -0.2) is 18.8 Å². The Hall–Kier alpha value is -1.79. The molecule has 1 aliphatic rings. The van der Waals surface area contributed by atoms with Crippen molar-refractivity contribution in [1.82, 2.24) is 4.31 Å². The molecule has 1 aliphatic carbocycles. The predicted octanol–water partition coefficient (Wildman–Crippen LogP) is 3.95. The maximum atomic E-state index is 13.5. The van der Waals surface area contributed by atoms with Gasteiger partial charge in [0, 0.05) is 12.6 Å². The Bertz CT molecular complexity index is 820. The van der Waals surface area contributed by atoms with E-state index in [1.807, 2.05) is 37.3 Å². The Morgan fingerprint density at radius 3 is 2.33 bits per heavy atom. The van der Waals surface area contributed by atoms with Crippen LogP contribution in [0.4, 0.5) is 8.78 Å². The number of nitrogens with zero attached hydrogens (tertiary/aromatic N) is 1. The minimum absolute atomic E-state index is 0.191. The van der Waals surface area contributed by atoms with E-state index in [2.05, 4.69) is 0 Å². The van der Waals surface area contributed by atoms with Gasteiger partial charge in [-0.15, -0.1) is 0 Å². The minimum atomic E-state index is -3.92. The smallest absolute Gasteiger partial charge is 0.207 e. The van der Waals surface area contributed by atoms with Crippen LogP contribution in [0.2, 0.25) is 0 Å². The summed E-state index contributed by atoms with van der Waals surface area (Å²) in [6, 6.07) is 11.8. The van der Waals surface area contributed by atoms with E-state index in [4.69, 9.17) is 0 Å². The first-order chi connectivity index (χ1) is 11.4. The molecule has 2 aromatic carbocycles. The zero-order valence-electron chi connectivity index (χ0n) is 13.3. The first-order valence-electron chi connectivity index (χ1n) is 7.90. The maximum Gasteiger partial charge on any atom is 0.243 e. The summed E-state index contributed by atoms with van der Waals surface area (Å²) in [5, 5.41) is 0. The van der Waals surface area contributed by atoms with Crippen molar-refractivity contribution in [2.24, 2.45) is 5.92 Å². The Kier molecular flexibility index (Phi) is 4.69. The lowest BCUT2D eigenvalue weighted by molar-refractivity contribution is 0.303. The van der Waals surface area contributed by atoms with Crippen molar-refractivity contribution >= 4 is 10.0 Å². The van der Waals surface area contributed by atoms with Gasteiger partial charge in [0.05, 0.1) is 4.90 Å². The topological polar surface area (TPSA) is 37.4 Å². The van der Waals surface area contributed by atoms with E-state index < -0.39 is 21.7 Å². The number of hydrogen-bond acceptors (Lipinski definition) is 2. The fourth-order valence-electron chi connectivity index (χ4n) is 2.80. The molecule has 0 bridgehead atoms. The lowest BCUT2D eigenvalue weighted by atomic mass is 10.2. The summed E-state index contributed by atoms with van der Waals surface area (Å²) < 4.78 is 54.1. The molecule has 128 valence electrons. The fraction of sp³-hybridized carbons (Fsp3) is 0.333. The van der Waals surface area contributed by atoms with Crippen LogP contribution in [0.5, 0.6) is 0 Å². The fourth-order valence-corrected chi connectivity index (χ4v) is 4.49. The number of benzene rings is 2. The Morgan fingerprint density at radius 2 is 1.75 bits per heavy atom. The first kappa shape index (κ1) is 17.0. The largest absolute Gasteiger partial charge is 0.243 e. The molecule has 1 atom stereocenters. The summed E-state index contributed by atoms with van der Waals surface area (Å²) in [6.45, 7) is 2.08. The van der Waals surface area contributed by atoms with Crippen molar-refractivity contribution in [1.29, 1.82) is 0 Å². The van der Waals surface area contributed by atoms with Crippen molar-refractivity contribution in [2.75, 3.05) is 0 Å². The number of sulfonamides is 1. The van der Waals surface area contributed by atoms with Gasteiger partial charge in [0.2, 0.25) is 10.0 Å². The molecule has 0 saturated heterocycles. The number of rotatable bonds is 6. The van der Waals surface area contributed by atoms with Crippen LogP contribution in [0.3, 0.4) is 0 Å².